The predicted molar refractivity (Wildman–Crippen MR) is 104 cm³/mol. The molecule has 1 aromatic heterocycles. The zero-order chi connectivity index (χ0) is 19.4. The second-order valence-corrected chi connectivity index (χ2v) is 8.26. The van der Waals surface area contributed by atoms with E-state index in [0.29, 0.717) is 30.6 Å². The minimum atomic E-state index is -0.213. The molecule has 0 aromatic carbocycles. The van der Waals surface area contributed by atoms with Crippen LogP contribution in [0.25, 0.3) is 0 Å². The molecule has 1 saturated carbocycles. The maximum atomic E-state index is 12.6. The van der Waals surface area contributed by atoms with Crippen LogP contribution in [0.5, 0.6) is 0 Å². The highest BCUT2D eigenvalue weighted by Crippen LogP contribution is 2.27. The summed E-state index contributed by atoms with van der Waals surface area (Å²) in [6, 6.07) is 1.79. The number of amides is 2. The topological polar surface area (TPSA) is 101 Å². The summed E-state index contributed by atoms with van der Waals surface area (Å²) in [5.74, 6) is 0.876. The van der Waals surface area contributed by atoms with Crippen LogP contribution in [0.1, 0.15) is 68.6 Å². The van der Waals surface area contributed by atoms with Crippen molar-refractivity contribution in [2.75, 3.05) is 18.8 Å². The number of anilines is 1. The lowest BCUT2D eigenvalue weighted by molar-refractivity contribution is -0.136. The third-order valence-corrected chi connectivity index (χ3v) is 5.49. The van der Waals surface area contributed by atoms with Crippen molar-refractivity contribution in [3.05, 3.63) is 17.5 Å². The van der Waals surface area contributed by atoms with Crippen molar-refractivity contribution >= 4 is 17.8 Å². The molecule has 0 radical (unpaired) electrons. The van der Waals surface area contributed by atoms with E-state index in [9.17, 15) is 9.59 Å². The molecule has 0 bridgehead atoms. The molecule has 3 N–H and O–H groups in total. The highest BCUT2D eigenvalue weighted by Gasteiger charge is 2.30. The van der Waals surface area contributed by atoms with E-state index >= 15 is 0 Å². The zero-order valence-electron chi connectivity index (χ0n) is 16.4. The lowest BCUT2D eigenvalue weighted by atomic mass is 10.0. The van der Waals surface area contributed by atoms with E-state index in [1.54, 1.807) is 6.07 Å². The number of hydrogen-bond donors (Lipinski definition) is 2. The van der Waals surface area contributed by atoms with Gasteiger partial charge in [-0.2, -0.15) is 0 Å². The monoisotopic (exact) mass is 373 g/mol. The Bertz CT molecular complexity index is 677. The number of likely N-dealkylation sites (tertiary alicyclic amines) is 1. The summed E-state index contributed by atoms with van der Waals surface area (Å²) in [7, 11) is 0. The van der Waals surface area contributed by atoms with Crippen LogP contribution >= 0.6 is 0 Å². The van der Waals surface area contributed by atoms with E-state index in [2.05, 4.69) is 29.1 Å². The molecule has 2 aliphatic rings. The molecule has 2 heterocycles. The number of carbonyl (C=O) groups is 2. The molecule has 148 valence electrons. The smallest absolute Gasteiger partial charge is 0.270 e. The van der Waals surface area contributed by atoms with Crippen LogP contribution in [0.4, 0.5) is 5.95 Å². The maximum Gasteiger partial charge on any atom is 0.270 e. The number of nitrogen functional groups attached to an aromatic ring is 1. The average molecular weight is 374 g/mol. The van der Waals surface area contributed by atoms with Crippen molar-refractivity contribution in [1.82, 2.24) is 20.2 Å². The third kappa shape index (κ3) is 5.17. The number of rotatable bonds is 5. The van der Waals surface area contributed by atoms with Gasteiger partial charge in [0.05, 0.1) is 0 Å². The average Bonchev–Trinajstić information content (AvgIpc) is 3.15. The molecule has 7 nitrogen and oxygen atoms in total. The molecule has 0 atom stereocenters. The number of hydrogen-bond acceptors (Lipinski definition) is 5. The van der Waals surface area contributed by atoms with Gasteiger partial charge in [0.25, 0.3) is 5.91 Å². The fourth-order valence-corrected chi connectivity index (χ4v) is 4.09. The summed E-state index contributed by atoms with van der Waals surface area (Å²) in [6.07, 6.45) is 6.72. The van der Waals surface area contributed by atoms with Gasteiger partial charge in [-0.05, 0) is 44.1 Å². The molecule has 2 amide bonds. The number of piperidine rings is 1. The Balaban J connectivity index is 1.53. The van der Waals surface area contributed by atoms with E-state index < -0.39 is 0 Å². The van der Waals surface area contributed by atoms with Crippen LogP contribution in [0.2, 0.25) is 0 Å². The van der Waals surface area contributed by atoms with Gasteiger partial charge in [-0.1, -0.05) is 26.7 Å². The molecule has 1 saturated heterocycles. The molecule has 1 aromatic rings. The molecule has 0 spiro atoms. The Morgan fingerprint density at radius 2 is 1.85 bits per heavy atom. The van der Waals surface area contributed by atoms with Gasteiger partial charge in [-0.3, -0.25) is 9.59 Å². The second kappa shape index (κ2) is 8.67. The predicted octanol–water partition coefficient (Wildman–Crippen LogP) is 2.17. The standard InChI is InChI=1S/C20H31N5O2/c1-13(2)11-16-12-17(24-20(21)23-16)18(26)22-15-7-9-25(10-8-15)19(27)14-5-3-4-6-14/h12-15H,3-11H2,1-2H3,(H,22,26)(H2,21,23,24). The molecule has 1 aliphatic carbocycles. The van der Waals surface area contributed by atoms with Gasteiger partial charge in [0, 0.05) is 30.7 Å². The van der Waals surface area contributed by atoms with Crippen molar-refractivity contribution in [2.45, 2.75) is 64.8 Å². The fraction of sp³-hybridized carbons (Fsp3) is 0.700. The number of carbonyl (C=O) groups excluding carboxylic acids is 2. The first-order valence-electron chi connectivity index (χ1n) is 10.2. The van der Waals surface area contributed by atoms with Crippen LogP contribution in [0.3, 0.4) is 0 Å². The zero-order valence-corrected chi connectivity index (χ0v) is 16.4. The Morgan fingerprint density at radius 3 is 2.48 bits per heavy atom. The summed E-state index contributed by atoms with van der Waals surface area (Å²) in [5, 5.41) is 3.05. The van der Waals surface area contributed by atoms with Crippen LogP contribution < -0.4 is 11.1 Å². The van der Waals surface area contributed by atoms with E-state index in [-0.39, 0.29) is 23.8 Å². The highest BCUT2D eigenvalue weighted by atomic mass is 16.2. The van der Waals surface area contributed by atoms with Gasteiger partial charge >= 0.3 is 0 Å². The first kappa shape index (κ1) is 19.6. The first-order chi connectivity index (χ1) is 12.9. The van der Waals surface area contributed by atoms with Gasteiger partial charge in [0.2, 0.25) is 11.9 Å². The number of nitrogens with zero attached hydrogens (tertiary/aromatic N) is 3. The Morgan fingerprint density at radius 1 is 1.19 bits per heavy atom. The number of nitrogens with two attached hydrogens (primary N) is 1. The van der Waals surface area contributed by atoms with E-state index in [1.807, 2.05) is 4.90 Å². The summed E-state index contributed by atoms with van der Waals surface area (Å²) in [5.41, 5.74) is 6.88. The molecular weight excluding hydrogens is 342 g/mol. The van der Waals surface area contributed by atoms with E-state index in [1.165, 1.54) is 12.8 Å². The Hall–Kier alpha value is -2.18. The summed E-state index contributed by atoms with van der Waals surface area (Å²) in [4.78, 5) is 35.4. The van der Waals surface area contributed by atoms with Gasteiger partial charge < -0.3 is 16.0 Å². The minimum absolute atomic E-state index is 0.0647. The fourth-order valence-electron chi connectivity index (χ4n) is 4.09. The van der Waals surface area contributed by atoms with Gasteiger partial charge in [-0.15, -0.1) is 0 Å². The second-order valence-electron chi connectivity index (χ2n) is 8.26. The van der Waals surface area contributed by atoms with E-state index in [4.69, 9.17) is 5.73 Å². The molecule has 0 unspecified atom stereocenters. The van der Waals surface area contributed by atoms with E-state index in [0.717, 1.165) is 37.8 Å². The van der Waals surface area contributed by atoms with Crippen molar-refractivity contribution in [2.24, 2.45) is 11.8 Å². The Labute approximate surface area is 161 Å². The third-order valence-electron chi connectivity index (χ3n) is 5.49. The van der Waals surface area contributed by atoms with Crippen LogP contribution in [-0.4, -0.2) is 45.8 Å². The number of aromatic nitrogens is 2. The first-order valence-corrected chi connectivity index (χ1v) is 10.2. The van der Waals surface area contributed by atoms with Crippen molar-refractivity contribution in [3.8, 4) is 0 Å². The lowest BCUT2D eigenvalue weighted by Gasteiger charge is -2.33. The molecule has 7 heteroatoms. The Kier molecular flexibility index (Phi) is 6.29. The summed E-state index contributed by atoms with van der Waals surface area (Å²) >= 11 is 0. The van der Waals surface area contributed by atoms with Crippen molar-refractivity contribution in [3.63, 3.8) is 0 Å². The highest BCUT2D eigenvalue weighted by molar-refractivity contribution is 5.92. The van der Waals surface area contributed by atoms with Crippen LogP contribution in [0, 0.1) is 11.8 Å². The molecule has 2 fully saturated rings. The largest absolute Gasteiger partial charge is 0.368 e. The van der Waals surface area contributed by atoms with Crippen LogP contribution in [0.15, 0.2) is 6.07 Å². The molecule has 1 aliphatic heterocycles. The van der Waals surface area contributed by atoms with Crippen LogP contribution in [-0.2, 0) is 11.2 Å². The quantitative estimate of drug-likeness (QED) is 0.824. The number of nitrogens with one attached hydrogen (secondary N) is 1. The molecular formula is C20H31N5O2. The van der Waals surface area contributed by atoms with Crippen molar-refractivity contribution < 1.29 is 9.59 Å². The maximum absolute atomic E-state index is 12.6. The van der Waals surface area contributed by atoms with Gasteiger partial charge in [-0.25, -0.2) is 9.97 Å². The lowest BCUT2D eigenvalue weighted by Crippen LogP contribution is -2.48. The van der Waals surface area contributed by atoms with Crippen molar-refractivity contribution in [1.29, 1.82) is 0 Å². The summed E-state index contributed by atoms with van der Waals surface area (Å²) in [6.45, 7) is 5.62. The SMILES string of the molecule is CC(C)Cc1cc(C(=O)NC2CCN(C(=O)C3CCCC3)CC2)nc(N)n1. The summed E-state index contributed by atoms with van der Waals surface area (Å²) < 4.78 is 0. The molecule has 3 rings (SSSR count). The molecule has 27 heavy (non-hydrogen) atoms. The van der Waals surface area contributed by atoms with Gasteiger partial charge in [0.1, 0.15) is 5.69 Å². The normalized spacial score (nSPS) is 18.9. The van der Waals surface area contributed by atoms with Gasteiger partial charge in [0.15, 0.2) is 0 Å². The minimum Gasteiger partial charge on any atom is -0.368 e.